The quantitative estimate of drug-likeness (QED) is 0.803. The molecule has 0 aliphatic heterocycles. The molecule has 0 saturated carbocycles. The van der Waals surface area contributed by atoms with Crippen LogP contribution in [0.5, 0.6) is 0 Å². The molecule has 0 N–H and O–H groups in total. The van der Waals surface area contributed by atoms with Gasteiger partial charge in [0.05, 0.1) is 0 Å². The molecule has 6 heteroatoms. The standard InChI is InChI=1S/C11H18N6/c1-7(2)17(8(3)4)11-9-10(12-6-13-11)16(5)15-14-9/h6-8H,1-5H3. The van der Waals surface area contributed by atoms with Crippen molar-refractivity contribution in [3.63, 3.8) is 0 Å². The van der Waals surface area contributed by atoms with Gasteiger partial charge in [-0.1, -0.05) is 5.21 Å². The number of hydrogen-bond acceptors (Lipinski definition) is 5. The second-order valence-corrected chi connectivity index (χ2v) is 4.68. The second-order valence-electron chi connectivity index (χ2n) is 4.68. The van der Waals surface area contributed by atoms with Crippen LogP contribution in [-0.4, -0.2) is 37.0 Å². The van der Waals surface area contributed by atoms with E-state index in [1.54, 1.807) is 11.0 Å². The molecule has 0 aromatic carbocycles. The Morgan fingerprint density at radius 3 is 2.35 bits per heavy atom. The Balaban J connectivity index is 2.61. The van der Waals surface area contributed by atoms with Gasteiger partial charge in [-0.3, -0.25) is 0 Å². The number of aromatic nitrogens is 5. The molecule has 0 aliphatic carbocycles. The molecule has 17 heavy (non-hydrogen) atoms. The van der Waals surface area contributed by atoms with E-state index in [1.165, 1.54) is 0 Å². The first kappa shape index (κ1) is 11.8. The molecule has 0 spiro atoms. The van der Waals surface area contributed by atoms with E-state index in [0.717, 1.165) is 17.0 Å². The van der Waals surface area contributed by atoms with E-state index in [-0.39, 0.29) is 0 Å². The summed E-state index contributed by atoms with van der Waals surface area (Å²) in [6, 6.07) is 0.713. The summed E-state index contributed by atoms with van der Waals surface area (Å²) in [6.07, 6.45) is 1.57. The summed E-state index contributed by atoms with van der Waals surface area (Å²) >= 11 is 0. The highest BCUT2D eigenvalue weighted by atomic mass is 15.4. The van der Waals surface area contributed by atoms with Crippen molar-refractivity contribution in [2.24, 2.45) is 7.05 Å². The number of hydrogen-bond donors (Lipinski definition) is 0. The van der Waals surface area contributed by atoms with Crippen LogP contribution in [0, 0.1) is 0 Å². The van der Waals surface area contributed by atoms with Crippen molar-refractivity contribution in [2.45, 2.75) is 39.8 Å². The Labute approximate surface area is 101 Å². The third-order valence-electron chi connectivity index (χ3n) is 2.73. The fraction of sp³-hybridized carbons (Fsp3) is 0.636. The zero-order chi connectivity index (χ0) is 12.6. The third kappa shape index (κ3) is 1.94. The molecule has 0 radical (unpaired) electrons. The van der Waals surface area contributed by atoms with Crippen LogP contribution in [-0.2, 0) is 7.05 Å². The van der Waals surface area contributed by atoms with E-state index in [1.807, 2.05) is 7.05 Å². The summed E-state index contributed by atoms with van der Waals surface area (Å²) in [5.74, 6) is 0.855. The van der Waals surface area contributed by atoms with Gasteiger partial charge >= 0.3 is 0 Å². The molecule has 0 unspecified atom stereocenters. The first-order chi connectivity index (χ1) is 8.02. The van der Waals surface area contributed by atoms with Crippen LogP contribution in [0.3, 0.4) is 0 Å². The van der Waals surface area contributed by atoms with Crippen LogP contribution in [0.25, 0.3) is 11.2 Å². The molecule has 2 aromatic heterocycles. The fourth-order valence-corrected chi connectivity index (χ4v) is 2.12. The van der Waals surface area contributed by atoms with E-state index in [4.69, 9.17) is 0 Å². The number of fused-ring (bicyclic) bond motifs is 1. The van der Waals surface area contributed by atoms with Gasteiger partial charge < -0.3 is 4.90 Å². The summed E-state index contributed by atoms with van der Waals surface area (Å²) in [5.41, 5.74) is 1.53. The molecular formula is C11H18N6. The van der Waals surface area contributed by atoms with Crippen LogP contribution >= 0.6 is 0 Å². The first-order valence-corrected chi connectivity index (χ1v) is 5.81. The molecular weight excluding hydrogens is 216 g/mol. The lowest BCUT2D eigenvalue weighted by atomic mass is 10.2. The Hall–Kier alpha value is -1.72. The molecule has 0 aliphatic rings. The summed E-state index contributed by atoms with van der Waals surface area (Å²) in [5, 5.41) is 8.15. The van der Waals surface area contributed by atoms with Crippen LogP contribution < -0.4 is 4.90 Å². The highest BCUT2D eigenvalue weighted by molar-refractivity contribution is 5.82. The predicted molar refractivity (Wildman–Crippen MR) is 66.9 cm³/mol. The molecule has 0 bridgehead atoms. The summed E-state index contributed by atoms with van der Waals surface area (Å²) in [7, 11) is 1.83. The minimum absolute atomic E-state index is 0.357. The van der Waals surface area contributed by atoms with Gasteiger partial charge in [0.2, 0.25) is 0 Å². The summed E-state index contributed by atoms with van der Waals surface area (Å²) in [6.45, 7) is 8.57. The van der Waals surface area contributed by atoms with Crippen molar-refractivity contribution in [2.75, 3.05) is 4.90 Å². The van der Waals surface area contributed by atoms with E-state index in [9.17, 15) is 0 Å². The van der Waals surface area contributed by atoms with Crippen LogP contribution in [0.2, 0.25) is 0 Å². The normalized spacial score (nSPS) is 11.7. The molecule has 0 amide bonds. The molecule has 92 valence electrons. The maximum atomic E-state index is 4.36. The molecule has 2 aromatic rings. The number of nitrogens with zero attached hydrogens (tertiary/aromatic N) is 6. The Morgan fingerprint density at radius 1 is 1.12 bits per heavy atom. The first-order valence-electron chi connectivity index (χ1n) is 5.81. The van der Waals surface area contributed by atoms with Crippen molar-refractivity contribution in [3.8, 4) is 0 Å². The zero-order valence-electron chi connectivity index (χ0n) is 10.9. The fourth-order valence-electron chi connectivity index (χ4n) is 2.12. The number of anilines is 1. The third-order valence-corrected chi connectivity index (χ3v) is 2.73. The SMILES string of the molecule is CC(C)N(c1ncnc2c1nnn2C)C(C)C. The minimum atomic E-state index is 0.357. The lowest BCUT2D eigenvalue weighted by molar-refractivity contribution is 0.601. The molecule has 0 saturated heterocycles. The van der Waals surface area contributed by atoms with E-state index in [0.29, 0.717) is 12.1 Å². The van der Waals surface area contributed by atoms with Crippen LogP contribution in [0.1, 0.15) is 27.7 Å². The van der Waals surface area contributed by atoms with E-state index >= 15 is 0 Å². The number of aryl methyl sites for hydroxylation is 1. The molecule has 0 fully saturated rings. The van der Waals surface area contributed by atoms with Crippen molar-refractivity contribution in [1.82, 2.24) is 25.0 Å². The van der Waals surface area contributed by atoms with Gasteiger partial charge in [0.15, 0.2) is 17.0 Å². The Kier molecular flexibility index (Phi) is 2.95. The summed E-state index contributed by atoms with van der Waals surface area (Å²) < 4.78 is 1.67. The summed E-state index contributed by atoms with van der Waals surface area (Å²) in [4.78, 5) is 10.8. The average Bonchev–Trinajstić information content (AvgIpc) is 2.61. The predicted octanol–water partition coefficient (Wildman–Crippen LogP) is 1.38. The van der Waals surface area contributed by atoms with Crippen molar-refractivity contribution >= 4 is 17.0 Å². The average molecular weight is 234 g/mol. The van der Waals surface area contributed by atoms with Crippen molar-refractivity contribution in [3.05, 3.63) is 6.33 Å². The molecule has 2 heterocycles. The van der Waals surface area contributed by atoms with Gasteiger partial charge in [-0.2, -0.15) is 0 Å². The lowest BCUT2D eigenvalue weighted by Gasteiger charge is -2.31. The topological polar surface area (TPSA) is 59.7 Å². The maximum Gasteiger partial charge on any atom is 0.183 e. The van der Waals surface area contributed by atoms with Crippen LogP contribution in [0.15, 0.2) is 6.33 Å². The molecule has 6 nitrogen and oxygen atoms in total. The molecule has 2 rings (SSSR count). The highest BCUT2D eigenvalue weighted by Crippen LogP contribution is 2.23. The van der Waals surface area contributed by atoms with Crippen molar-refractivity contribution in [1.29, 1.82) is 0 Å². The highest BCUT2D eigenvalue weighted by Gasteiger charge is 2.20. The zero-order valence-corrected chi connectivity index (χ0v) is 10.9. The second kappa shape index (κ2) is 4.27. The Bertz CT molecular complexity index is 508. The van der Waals surface area contributed by atoms with Gasteiger partial charge in [-0.25, -0.2) is 14.6 Å². The van der Waals surface area contributed by atoms with Gasteiger partial charge in [0.1, 0.15) is 6.33 Å². The van der Waals surface area contributed by atoms with Gasteiger partial charge in [0, 0.05) is 19.1 Å². The Morgan fingerprint density at radius 2 is 1.76 bits per heavy atom. The van der Waals surface area contributed by atoms with Gasteiger partial charge in [-0.05, 0) is 27.7 Å². The van der Waals surface area contributed by atoms with Gasteiger partial charge in [-0.15, -0.1) is 5.10 Å². The smallest absolute Gasteiger partial charge is 0.183 e. The van der Waals surface area contributed by atoms with Crippen LogP contribution in [0.4, 0.5) is 5.82 Å². The largest absolute Gasteiger partial charge is 0.350 e. The number of rotatable bonds is 3. The monoisotopic (exact) mass is 234 g/mol. The van der Waals surface area contributed by atoms with Crippen molar-refractivity contribution < 1.29 is 0 Å². The maximum absolute atomic E-state index is 4.36. The van der Waals surface area contributed by atoms with Gasteiger partial charge in [0.25, 0.3) is 0 Å². The van der Waals surface area contributed by atoms with E-state index < -0.39 is 0 Å². The molecule has 0 atom stereocenters. The van der Waals surface area contributed by atoms with E-state index in [2.05, 4.69) is 52.9 Å². The lowest BCUT2D eigenvalue weighted by Crippen LogP contribution is -2.37. The minimum Gasteiger partial charge on any atom is -0.350 e.